The number of nitrogens with zero attached hydrogens (tertiary/aromatic N) is 5. The fourth-order valence-electron chi connectivity index (χ4n) is 3.12. The highest BCUT2D eigenvalue weighted by atomic mass is 19.1. The van der Waals surface area contributed by atoms with Crippen molar-refractivity contribution in [3.05, 3.63) is 54.2 Å². The molecule has 0 spiro atoms. The maximum Gasteiger partial charge on any atom is 0.244 e. The van der Waals surface area contributed by atoms with Gasteiger partial charge in [0.25, 0.3) is 0 Å². The van der Waals surface area contributed by atoms with Gasteiger partial charge in [-0.05, 0) is 31.8 Å². The fraction of sp³-hybridized carbons (Fsp3) is 0.389. The van der Waals surface area contributed by atoms with Crippen LogP contribution < -0.4 is 4.90 Å². The highest BCUT2D eigenvalue weighted by molar-refractivity contribution is 5.83. The molecule has 1 aromatic carbocycles. The second kappa shape index (κ2) is 7.57. The maximum absolute atomic E-state index is 13.6. The van der Waals surface area contributed by atoms with Gasteiger partial charge in [-0.1, -0.05) is 12.1 Å². The third-order valence-corrected chi connectivity index (χ3v) is 4.38. The number of halogens is 1. The molecule has 25 heavy (non-hydrogen) atoms. The van der Waals surface area contributed by atoms with E-state index in [9.17, 15) is 9.18 Å². The first-order valence-corrected chi connectivity index (χ1v) is 8.28. The molecule has 1 atom stereocenters. The zero-order valence-electron chi connectivity index (χ0n) is 14.5. The summed E-state index contributed by atoms with van der Waals surface area (Å²) in [5.74, 6) is 0.489. The van der Waals surface area contributed by atoms with Crippen molar-refractivity contribution in [1.82, 2.24) is 19.8 Å². The third-order valence-electron chi connectivity index (χ3n) is 4.38. The van der Waals surface area contributed by atoms with Gasteiger partial charge in [0.1, 0.15) is 17.7 Å². The Labute approximate surface area is 146 Å². The van der Waals surface area contributed by atoms with Crippen molar-refractivity contribution in [1.29, 1.82) is 0 Å². The number of anilines is 1. The van der Waals surface area contributed by atoms with Crippen molar-refractivity contribution < 1.29 is 9.18 Å². The molecule has 0 bridgehead atoms. The molecule has 1 unspecified atom stereocenters. The Morgan fingerprint density at radius 2 is 1.96 bits per heavy atom. The average molecular weight is 343 g/mol. The summed E-state index contributed by atoms with van der Waals surface area (Å²) in [5.41, 5.74) is 0.673. The zero-order chi connectivity index (χ0) is 17.8. The Morgan fingerprint density at radius 1 is 1.20 bits per heavy atom. The van der Waals surface area contributed by atoms with Crippen LogP contribution in [0.25, 0.3) is 0 Å². The monoisotopic (exact) mass is 343 g/mol. The minimum absolute atomic E-state index is 0.00519. The summed E-state index contributed by atoms with van der Waals surface area (Å²) < 4.78 is 13.6. The standard InChI is InChI=1S/C18H22FN5O/c1-22(2)17(14-4-3-5-15(19)12-14)18(25)24-10-8-23(9-11-24)16-13-20-6-7-21-16/h3-7,12-13,17H,8-11H2,1-2H3. The van der Waals surface area contributed by atoms with E-state index in [0.717, 1.165) is 5.82 Å². The lowest BCUT2D eigenvalue weighted by atomic mass is 10.0. The van der Waals surface area contributed by atoms with Gasteiger partial charge in [0.15, 0.2) is 0 Å². The molecule has 6 nitrogen and oxygen atoms in total. The van der Waals surface area contributed by atoms with Crippen molar-refractivity contribution in [2.45, 2.75) is 6.04 Å². The molecule has 0 radical (unpaired) electrons. The van der Waals surface area contributed by atoms with Gasteiger partial charge in [0, 0.05) is 38.6 Å². The van der Waals surface area contributed by atoms with Gasteiger partial charge in [-0.3, -0.25) is 14.7 Å². The largest absolute Gasteiger partial charge is 0.352 e. The van der Waals surface area contributed by atoms with Gasteiger partial charge >= 0.3 is 0 Å². The van der Waals surface area contributed by atoms with E-state index in [-0.39, 0.29) is 11.7 Å². The van der Waals surface area contributed by atoms with Crippen LogP contribution in [0.1, 0.15) is 11.6 Å². The van der Waals surface area contributed by atoms with Crippen LogP contribution in [0.4, 0.5) is 10.2 Å². The van der Waals surface area contributed by atoms with Crippen LogP contribution in [0.15, 0.2) is 42.9 Å². The lowest BCUT2D eigenvalue weighted by Gasteiger charge is -2.38. The van der Waals surface area contributed by atoms with E-state index >= 15 is 0 Å². The third kappa shape index (κ3) is 3.93. The topological polar surface area (TPSA) is 52.6 Å². The number of aromatic nitrogens is 2. The Morgan fingerprint density at radius 3 is 2.56 bits per heavy atom. The molecule has 0 N–H and O–H groups in total. The Bertz CT molecular complexity index is 716. The van der Waals surface area contributed by atoms with Gasteiger partial charge in [-0.15, -0.1) is 0 Å². The van der Waals surface area contributed by atoms with E-state index in [1.807, 2.05) is 23.9 Å². The Kier molecular flexibility index (Phi) is 5.23. The van der Waals surface area contributed by atoms with E-state index < -0.39 is 6.04 Å². The number of hydrogen-bond acceptors (Lipinski definition) is 5. The molecule has 132 valence electrons. The molecule has 7 heteroatoms. The van der Waals surface area contributed by atoms with Crippen LogP contribution in [-0.4, -0.2) is 65.9 Å². The van der Waals surface area contributed by atoms with Crippen LogP contribution in [-0.2, 0) is 4.79 Å². The number of likely N-dealkylation sites (N-methyl/N-ethyl adjacent to an activating group) is 1. The number of amides is 1. The highest BCUT2D eigenvalue weighted by Gasteiger charge is 2.30. The Balaban J connectivity index is 1.70. The van der Waals surface area contributed by atoms with Gasteiger partial charge in [-0.25, -0.2) is 9.37 Å². The van der Waals surface area contributed by atoms with Gasteiger partial charge in [0.05, 0.1) is 6.20 Å². The number of carbonyl (C=O) groups excluding carboxylic acids is 1. The van der Waals surface area contributed by atoms with Crippen LogP contribution in [0.5, 0.6) is 0 Å². The summed E-state index contributed by atoms with van der Waals surface area (Å²) >= 11 is 0. The number of hydrogen-bond donors (Lipinski definition) is 0. The van der Waals surface area contributed by atoms with Crippen molar-refractivity contribution in [2.75, 3.05) is 45.2 Å². The summed E-state index contributed by atoms with van der Waals surface area (Å²) in [6.45, 7) is 2.62. The zero-order valence-corrected chi connectivity index (χ0v) is 14.5. The molecule has 1 fully saturated rings. The molecule has 1 saturated heterocycles. The summed E-state index contributed by atoms with van der Waals surface area (Å²) in [5, 5.41) is 0. The predicted octanol–water partition coefficient (Wildman–Crippen LogP) is 1.57. The van der Waals surface area contributed by atoms with E-state index in [2.05, 4.69) is 14.9 Å². The fourth-order valence-corrected chi connectivity index (χ4v) is 3.12. The predicted molar refractivity (Wildman–Crippen MR) is 93.7 cm³/mol. The summed E-state index contributed by atoms with van der Waals surface area (Å²) in [7, 11) is 3.67. The van der Waals surface area contributed by atoms with Crippen LogP contribution in [0.2, 0.25) is 0 Å². The van der Waals surface area contributed by atoms with Gasteiger partial charge in [0.2, 0.25) is 5.91 Å². The summed E-state index contributed by atoms with van der Waals surface area (Å²) in [6.07, 6.45) is 5.04. The second-order valence-corrected chi connectivity index (χ2v) is 6.30. The molecule has 2 heterocycles. The van der Waals surface area contributed by atoms with Gasteiger partial charge in [-0.2, -0.15) is 0 Å². The molecule has 0 aliphatic carbocycles. The Hall–Kier alpha value is -2.54. The minimum Gasteiger partial charge on any atom is -0.352 e. The quantitative estimate of drug-likeness (QED) is 0.843. The minimum atomic E-state index is -0.487. The summed E-state index contributed by atoms with van der Waals surface area (Å²) in [4.78, 5) is 27.2. The van der Waals surface area contributed by atoms with Crippen LogP contribution >= 0.6 is 0 Å². The van der Waals surface area contributed by atoms with E-state index in [4.69, 9.17) is 0 Å². The normalized spacial score (nSPS) is 16.2. The molecule has 1 aliphatic heterocycles. The molecular formula is C18H22FN5O. The maximum atomic E-state index is 13.6. The van der Waals surface area contributed by atoms with Crippen molar-refractivity contribution in [2.24, 2.45) is 0 Å². The van der Waals surface area contributed by atoms with Gasteiger partial charge < -0.3 is 9.80 Å². The van der Waals surface area contributed by atoms with Crippen molar-refractivity contribution in [3.63, 3.8) is 0 Å². The second-order valence-electron chi connectivity index (χ2n) is 6.30. The molecule has 3 rings (SSSR count). The van der Waals surface area contributed by atoms with Crippen molar-refractivity contribution >= 4 is 11.7 Å². The number of benzene rings is 1. The molecule has 1 amide bonds. The van der Waals surface area contributed by atoms with E-state index in [0.29, 0.717) is 31.7 Å². The van der Waals surface area contributed by atoms with Crippen molar-refractivity contribution in [3.8, 4) is 0 Å². The van der Waals surface area contributed by atoms with Crippen LogP contribution in [0, 0.1) is 5.82 Å². The first-order chi connectivity index (χ1) is 12.1. The molecule has 0 saturated carbocycles. The molecule has 2 aromatic rings. The molecular weight excluding hydrogens is 321 g/mol. The lowest BCUT2D eigenvalue weighted by Crippen LogP contribution is -2.51. The first kappa shape index (κ1) is 17.3. The number of piperazine rings is 1. The smallest absolute Gasteiger partial charge is 0.244 e. The average Bonchev–Trinajstić information content (AvgIpc) is 2.62. The molecule has 1 aromatic heterocycles. The lowest BCUT2D eigenvalue weighted by molar-refractivity contribution is -0.136. The van der Waals surface area contributed by atoms with E-state index in [1.54, 1.807) is 30.7 Å². The number of rotatable bonds is 4. The highest BCUT2D eigenvalue weighted by Crippen LogP contribution is 2.23. The van der Waals surface area contributed by atoms with Crippen LogP contribution in [0.3, 0.4) is 0 Å². The molecule has 1 aliphatic rings. The van der Waals surface area contributed by atoms with E-state index in [1.165, 1.54) is 12.1 Å². The summed E-state index contributed by atoms with van der Waals surface area (Å²) in [6, 6.07) is 5.76. The first-order valence-electron chi connectivity index (χ1n) is 8.28. The number of carbonyl (C=O) groups is 1. The SMILES string of the molecule is CN(C)C(C(=O)N1CCN(c2cnccn2)CC1)c1cccc(F)c1.